The number of hydrogen-bond acceptors (Lipinski definition) is 5. The molecule has 0 aliphatic carbocycles. The highest BCUT2D eigenvalue weighted by molar-refractivity contribution is 5.85. The fourth-order valence-electron chi connectivity index (χ4n) is 2.19. The highest BCUT2D eigenvalue weighted by atomic mass is 16.5. The molecule has 1 aromatic rings. The van der Waals surface area contributed by atoms with Crippen LogP contribution in [0.1, 0.15) is 5.69 Å². The average molecular weight is 282 g/mol. The first-order valence-electron chi connectivity index (χ1n) is 6.37. The van der Waals surface area contributed by atoms with Gasteiger partial charge in [-0.15, -0.1) is 0 Å². The molecule has 0 bridgehead atoms. The second-order valence-corrected chi connectivity index (χ2v) is 4.72. The van der Waals surface area contributed by atoms with Gasteiger partial charge in [0.05, 0.1) is 25.5 Å². The van der Waals surface area contributed by atoms with Gasteiger partial charge >= 0.3 is 5.97 Å². The summed E-state index contributed by atoms with van der Waals surface area (Å²) in [5.41, 5.74) is 0.658. The molecule has 4 N–H and O–H groups in total. The summed E-state index contributed by atoms with van der Waals surface area (Å²) >= 11 is 0. The number of amides is 1. The number of likely N-dealkylation sites (N-methyl/N-ethyl adjacent to an activating group) is 1. The minimum Gasteiger partial charge on any atom is -0.480 e. The van der Waals surface area contributed by atoms with E-state index in [1.165, 1.54) is 12.5 Å². The number of carbonyl (C=O) groups is 2. The topological polar surface area (TPSA) is 116 Å². The highest BCUT2D eigenvalue weighted by Crippen LogP contribution is 2.14. The molecular formula is C12H18N4O4. The Morgan fingerprint density at radius 3 is 3.00 bits per heavy atom. The van der Waals surface area contributed by atoms with Gasteiger partial charge in [0.25, 0.3) is 0 Å². The van der Waals surface area contributed by atoms with Crippen LogP contribution in [0.4, 0.5) is 0 Å². The van der Waals surface area contributed by atoms with Crippen LogP contribution in [0, 0.1) is 5.92 Å². The molecule has 2 unspecified atom stereocenters. The van der Waals surface area contributed by atoms with Crippen LogP contribution in [0.2, 0.25) is 0 Å². The number of hydrogen-bond donors (Lipinski definition) is 4. The van der Waals surface area contributed by atoms with Crippen molar-refractivity contribution in [3.8, 4) is 0 Å². The van der Waals surface area contributed by atoms with Crippen molar-refractivity contribution in [3.63, 3.8) is 0 Å². The second kappa shape index (κ2) is 6.49. The molecule has 8 heteroatoms. The van der Waals surface area contributed by atoms with E-state index in [1.807, 2.05) is 0 Å². The van der Waals surface area contributed by atoms with Crippen LogP contribution >= 0.6 is 0 Å². The van der Waals surface area contributed by atoms with Crippen molar-refractivity contribution in [2.45, 2.75) is 18.5 Å². The summed E-state index contributed by atoms with van der Waals surface area (Å²) in [5, 5.41) is 14.7. The lowest BCUT2D eigenvalue weighted by molar-refractivity contribution is -0.142. The van der Waals surface area contributed by atoms with E-state index >= 15 is 0 Å². The Labute approximate surface area is 115 Å². The molecule has 0 saturated carbocycles. The number of aromatic amines is 1. The van der Waals surface area contributed by atoms with E-state index in [2.05, 4.69) is 20.6 Å². The van der Waals surface area contributed by atoms with Crippen molar-refractivity contribution in [1.29, 1.82) is 0 Å². The van der Waals surface area contributed by atoms with E-state index in [4.69, 9.17) is 4.74 Å². The van der Waals surface area contributed by atoms with E-state index in [0.717, 1.165) is 0 Å². The van der Waals surface area contributed by atoms with Crippen molar-refractivity contribution in [1.82, 2.24) is 20.6 Å². The Hall–Kier alpha value is -1.93. The SMILES string of the molecule is CNC1COCC1C(=O)N[C@@H](Cc1cnc[nH]1)C(=O)O. The third-order valence-corrected chi connectivity index (χ3v) is 3.38. The molecule has 2 rings (SSSR count). The Balaban J connectivity index is 1.97. The maximum Gasteiger partial charge on any atom is 0.326 e. The van der Waals surface area contributed by atoms with E-state index in [-0.39, 0.29) is 24.3 Å². The zero-order valence-electron chi connectivity index (χ0n) is 11.1. The van der Waals surface area contributed by atoms with Gasteiger partial charge in [0, 0.05) is 24.4 Å². The van der Waals surface area contributed by atoms with E-state index in [9.17, 15) is 14.7 Å². The fourth-order valence-corrected chi connectivity index (χ4v) is 2.19. The van der Waals surface area contributed by atoms with Gasteiger partial charge in [0.2, 0.25) is 5.91 Å². The number of aliphatic carboxylic acids is 1. The van der Waals surface area contributed by atoms with Crippen molar-refractivity contribution < 1.29 is 19.4 Å². The van der Waals surface area contributed by atoms with Crippen molar-refractivity contribution in [2.75, 3.05) is 20.3 Å². The zero-order valence-corrected chi connectivity index (χ0v) is 11.1. The van der Waals surface area contributed by atoms with Gasteiger partial charge in [-0.05, 0) is 7.05 Å². The molecule has 1 saturated heterocycles. The molecule has 1 aliphatic heterocycles. The number of nitrogens with one attached hydrogen (secondary N) is 3. The van der Waals surface area contributed by atoms with Crippen molar-refractivity contribution >= 4 is 11.9 Å². The van der Waals surface area contributed by atoms with Gasteiger partial charge in [-0.1, -0.05) is 0 Å². The first-order valence-corrected chi connectivity index (χ1v) is 6.37. The summed E-state index contributed by atoms with van der Waals surface area (Å²) < 4.78 is 5.24. The Bertz CT molecular complexity index is 462. The quantitative estimate of drug-likeness (QED) is 0.518. The predicted molar refractivity (Wildman–Crippen MR) is 69.0 cm³/mol. The standard InChI is InChI=1S/C12H18N4O4/c1-13-10-5-20-4-8(10)11(17)16-9(12(18)19)2-7-3-14-6-15-7/h3,6,8-10,13H,2,4-5H2,1H3,(H,14,15)(H,16,17)(H,18,19)/t8?,9-,10?/m0/s1. The molecule has 1 aromatic heterocycles. The molecule has 1 fully saturated rings. The molecule has 110 valence electrons. The number of imidazole rings is 1. The molecule has 20 heavy (non-hydrogen) atoms. The summed E-state index contributed by atoms with van der Waals surface area (Å²) in [6.45, 7) is 0.751. The molecule has 1 amide bonds. The predicted octanol–water partition coefficient (Wildman–Crippen LogP) is -1.24. The fraction of sp³-hybridized carbons (Fsp3) is 0.583. The molecule has 0 aromatic carbocycles. The van der Waals surface area contributed by atoms with Gasteiger partial charge in [-0.3, -0.25) is 4.79 Å². The highest BCUT2D eigenvalue weighted by Gasteiger charge is 2.35. The first-order chi connectivity index (χ1) is 9.61. The lowest BCUT2D eigenvalue weighted by Crippen LogP contribution is -2.49. The smallest absolute Gasteiger partial charge is 0.326 e. The van der Waals surface area contributed by atoms with Gasteiger partial charge in [-0.2, -0.15) is 0 Å². The van der Waals surface area contributed by atoms with Gasteiger partial charge in [0.15, 0.2) is 0 Å². The number of rotatable bonds is 6. The Morgan fingerprint density at radius 1 is 1.60 bits per heavy atom. The summed E-state index contributed by atoms with van der Waals surface area (Å²) in [4.78, 5) is 30.0. The lowest BCUT2D eigenvalue weighted by Gasteiger charge is -2.19. The number of carboxylic acids is 1. The van der Waals surface area contributed by atoms with E-state index < -0.39 is 12.0 Å². The number of nitrogens with zero attached hydrogens (tertiary/aromatic N) is 1. The third kappa shape index (κ3) is 3.34. The van der Waals surface area contributed by atoms with Crippen LogP contribution in [0.25, 0.3) is 0 Å². The van der Waals surface area contributed by atoms with Crippen LogP contribution in [0.3, 0.4) is 0 Å². The van der Waals surface area contributed by atoms with E-state index in [0.29, 0.717) is 18.9 Å². The summed E-state index contributed by atoms with van der Waals surface area (Å²) in [6.07, 6.45) is 3.17. The lowest BCUT2D eigenvalue weighted by atomic mass is 10.0. The maximum absolute atomic E-state index is 12.1. The molecule has 3 atom stereocenters. The first kappa shape index (κ1) is 14.5. The van der Waals surface area contributed by atoms with E-state index in [1.54, 1.807) is 7.05 Å². The minimum atomic E-state index is -1.08. The molecule has 2 heterocycles. The minimum absolute atomic E-state index is 0.0865. The summed E-state index contributed by atoms with van der Waals surface area (Å²) in [7, 11) is 1.75. The molecular weight excluding hydrogens is 264 g/mol. The molecule has 8 nitrogen and oxygen atoms in total. The average Bonchev–Trinajstić information content (AvgIpc) is 3.08. The Kier molecular flexibility index (Phi) is 4.70. The third-order valence-electron chi connectivity index (χ3n) is 3.38. The number of carboxylic acid groups (broad SMARTS) is 1. The normalized spacial score (nSPS) is 23.4. The summed E-state index contributed by atoms with van der Waals surface area (Å²) in [5.74, 6) is -1.76. The number of H-pyrrole nitrogens is 1. The van der Waals surface area contributed by atoms with Gasteiger partial charge in [-0.25, -0.2) is 9.78 Å². The number of aromatic nitrogens is 2. The zero-order chi connectivity index (χ0) is 14.5. The Morgan fingerprint density at radius 2 is 2.40 bits per heavy atom. The van der Waals surface area contributed by atoms with Gasteiger partial charge < -0.3 is 25.5 Å². The van der Waals surface area contributed by atoms with Crippen LogP contribution in [-0.4, -0.2) is 59.3 Å². The monoisotopic (exact) mass is 282 g/mol. The van der Waals surface area contributed by atoms with Crippen molar-refractivity contribution in [3.05, 3.63) is 18.2 Å². The second-order valence-electron chi connectivity index (χ2n) is 4.72. The van der Waals surface area contributed by atoms with Gasteiger partial charge in [0.1, 0.15) is 6.04 Å². The maximum atomic E-state index is 12.1. The molecule has 0 spiro atoms. The number of carbonyl (C=O) groups excluding carboxylic acids is 1. The van der Waals surface area contributed by atoms with Crippen LogP contribution < -0.4 is 10.6 Å². The van der Waals surface area contributed by atoms with Crippen molar-refractivity contribution in [2.24, 2.45) is 5.92 Å². The largest absolute Gasteiger partial charge is 0.480 e. The molecule has 1 aliphatic rings. The summed E-state index contributed by atoms with van der Waals surface area (Å²) in [6, 6.07) is -1.07. The van der Waals surface area contributed by atoms with Crippen LogP contribution in [0.5, 0.6) is 0 Å². The van der Waals surface area contributed by atoms with Crippen LogP contribution in [-0.2, 0) is 20.7 Å². The molecule has 0 radical (unpaired) electrons. The number of ether oxygens (including phenoxy) is 1. The van der Waals surface area contributed by atoms with Crippen LogP contribution in [0.15, 0.2) is 12.5 Å².